The van der Waals surface area contributed by atoms with Gasteiger partial charge in [0.1, 0.15) is 0 Å². The molecule has 0 radical (unpaired) electrons. The molecule has 0 spiro atoms. The monoisotopic (exact) mass is 435 g/mol. The largest absolute Gasteiger partial charge is 0.389 e. The molecule has 0 fully saturated rings. The van der Waals surface area contributed by atoms with Crippen molar-refractivity contribution in [2.24, 2.45) is 0 Å². The number of aliphatic hydroxyl groups is 1. The van der Waals surface area contributed by atoms with Crippen LogP contribution < -0.4 is 16.2 Å². The number of anilines is 1. The van der Waals surface area contributed by atoms with Gasteiger partial charge in [-0.2, -0.15) is 5.10 Å². The highest BCUT2D eigenvalue weighted by Crippen LogP contribution is 2.29. The van der Waals surface area contributed by atoms with E-state index in [1.165, 1.54) is 10.6 Å². The normalized spacial score (nSPS) is 11.6. The van der Waals surface area contributed by atoms with Crippen molar-refractivity contribution >= 4 is 23.0 Å². The molecule has 10 heteroatoms. The summed E-state index contributed by atoms with van der Waals surface area (Å²) in [6.07, 6.45) is 5.14. The van der Waals surface area contributed by atoms with Gasteiger partial charge in [-0.1, -0.05) is 0 Å². The summed E-state index contributed by atoms with van der Waals surface area (Å²) >= 11 is 0. The Morgan fingerprint density at radius 2 is 2.03 bits per heavy atom. The summed E-state index contributed by atoms with van der Waals surface area (Å²) in [7, 11) is 0. The molecule has 0 aliphatic heterocycles. The molecule has 4 rings (SSSR count). The van der Waals surface area contributed by atoms with E-state index in [9.17, 15) is 14.7 Å². The van der Waals surface area contributed by atoms with Gasteiger partial charge in [0.2, 0.25) is 5.95 Å². The quantitative estimate of drug-likeness (QED) is 0.370. The number of carbonyl (C=O) groups excluding carboxylic acids is 1. The second-order valence-corrected chi connectivity index (χ2v) is 8.10. The maximum atomic E-state index is 12.6. The molecular weight excluding hydrogens is 410 g/mol. The van der Waals surface area contributed by atoms with Crippen LogP contribution in [0.2, 0.25) is 0 Å². The summed E-state index contributed by atoms with van der Waals surface area (Å²) in [5.74, 6) is 0.303. The number of imidazole rings is 1. The summed E-state index contributed by atoms with van der Waals surface area (Å²) in [5.41, 5.74) is 2.29. The van der Waals surface area contributed by atoms with Crippen molar-refractivity contribution in [1.29, 1.82) is 0 Å². The molecule has 2 amide bonds. The maximum absolute atomic E-state index is 12.6. The van der Waals surface area contributed by atoms with E-state index in [4.69, 9.17) is 0 Å². The topological polar surface area (TPSA) is 130 Å². The molecule has 1 aromatic carbocycles. The molecular formula is C22H25N7O3. The average Bonchev–Trinajstić information content (AvgIpc) is 3.37. The first-order valence-corrected chi connectivity index (χ1v) is 10.3. The van der Waals surface area contributed by atoms with Crippen molar-refractivity contribution < 1.29 is 9.90 Å². The molecule has 4 aromatic rings. The highest BCUT2D eigenvalue weighted by Gasteiger charge is 2.16. The first kappa shape index (κ1) is 21.3. The van der Waals surface area contributed by atoms with E-state index in [0.717, 1.165) is 11.3 Å². The molecule has 0 atom stereocenters. The summed E-state index contributed by atoms with van der Waals surface area (Å²) in [5, 5.41) is 19.7. The van der Waals surface area contributed by atoms with E-state index in [1.807, 2.05) is 25.1 Å². The van der Waals surface area contributed by atoms with Crippen LogP contribution in [0.15, 0.2) is 53.7 Å². The van der Waals surface area contributed by atoms with Gasteiger partial charge in [0.15, 0.2) is 0 Å². The second-order valence-electron chi connectivity index (χ2n) is 8.10. The first-order valence-electron chi connectivity index (χ1n) is 10.3. The van der Waals surface area contributed by atoms with Gasteiger partial charge in [-0.3, -0.25) is 10.1 Å². The minimum Gasteiger partial charge on any atom is -0.389 e. The van der Waals surface area contributed by atoms with Crippen molar-refractivity contribution in [2.75, 3.05) is 11.9 Å². The fourth-order valence-corrected chi connectivity index (χ4v) is 3.46. The second kappa shape index (κ2) is 8.31. The summed E-state index contributed by atoms with van der Waals surface area (Å²) in [6, 6.07) is 8.54. The number of pyridine rings is 1. The number of aromatic amines is 1. The lowest BCUT2D eigenvalue weighted by Crippen LogP contribution is -2.32. The standard InChI is InChI=1S/C22H25N7O3/c1-4-23-21(31)27-20-25-16-10-15(11-17(19(16)26-20)29-8-5-7-24-29)14-6-9-28(18(30)12-14)13-22(2,3)32/h5-12,32H,4,13H2,1-3H3,(H3,23,25,26,27,31). The molecule has 3 heterocycles. The number of nitrogens with one attached hydrogen (secondary N) is 3. The van der Waals surface area contributed by atoms with E-state index in [-0.39, 0.29) is 18.1 Å². The fraction of sp³-hybridized carbons (Fsp3) is 0.273. The van der Waals surface area contributed by atoms with Crippen LogP contribution in [0.3, 0.4) is 0 Å². The van der Waals surface area contributed by atoms with Crippen molar-refractivity contribution in [3.63, 3.8) is 0 Å². The van der Waals surface area contributed by atoms with E-state index < -0.39 is 5.60 Å². The van der Waals surface area contributed by atoms with Gasteiger partial charge in [-0.05, 0) is 56.2 Å². The Balaban J connectivity index is 1.79. The van der Waals surface area contributed by atoms with Gasteiger partial charge in [0, 0.05) is 31.2 Å². The molecule has 0 bridgehead atoms. The molecule has 32 heavy (non-hydrogen) atoms. The number of H-pyrrole nitrogens is 1. The number of carbonyl (C=O) groups is 1. The molecule has 0 saturated carbocycles. The number of benzene rings is 1. The predicted octanol–water partition coefficient (Wildman–Crippen LogP) is 2.49. The third kappa shape index (κ3) is 4.54. The van der Waals surface area contributed by atoms with Crippen LogP contribution in [0, 0.1) is 0 Å². The third-order valence-electron chi connectivity index (χ3n) is 4.78. The zero-order chi connectivity index (χ0) is 22.9. The van der Waals surface area contributed by atoms with Gasteiger partial charge in [-0.15, -0.1) is 0 Å². The number of amides is 2. The highest BCUT2D eigenvalue weighted by molar-refractivity contribution is 5.94. The zero-order valence-corrected chi connectivity index (χ0v) is 18.1. The minimum absolute atomic E-state index is 0.192. The number of urea groups is 1. The van der Waals surface area contributed by atoms with Crippen LogP contribution in [0.25, 0.3) is 27.8 Å². The molecule has 4 N–H and O–H groups in total. The predicted molar refractivity (Wildman–Crippen MR) is 122 cm³/mol. The van der Waals surface area contributed by atoms with Crippen molar-refractivity contribution in [3.8, 4) is 16.8 Å². The van der Waals surface area contributed by atoms with Crippen molar-refractivity contribution in [3.05, 3.63) is 59.3 Å². The number of aromatic nitrogens is 5. The number of hydrogen-bond acceptors (Lipinski definition) is 5. The van der Waals surface area contributed by atoms with Crippen LogP contribution in [0.5, 0.6) is 0 Å². The van der Waals surface area contributed by atoms with Crippen LogP contribution in [-0.4, -0.2) is 47.6 Å². The van der Waals surface area contributed by atoms with Crippen LogP contribution >= 0.6 is 0 Å². The molecule has 10 nitrogen and oxygen atoms in total. The molecule has 0 aliphatic rings. The fourth-order valence-electron chi connectivity index (χ4n) is 3.46. The Morgan fingerprint density at radius 1 is 1.22 bits per heavy atom. The highest BCUT2D eigenvalue weighted by atomic mass is 16.3. The van der Waals surface area contributed by atoms with E-state index in [2.05, 4.69) is 25.7 Å². The Morgan fingerprint density at radius 3 is 2.69 bits per heavy atom. The Bertz CT molecular complexity index is 1310. The van der Waals surface area contributed by atoms with Crippen LogP contribution in [0.1, 0.15) is 20.8 Å². The molecule has 166 valence electrons. The molecule has 3 aromatic heterocycles. The Labute approximate surface area is 183 Å². The molecule has 0 unspecified atom stereocenters. The van der Waals surface area contributed by atoms with E-state index in [0.29, 0.717) is 29.1 Å². The average molecular weight is 435 g/mol. The lowest BCUT2D eigenvalue weighted by atomic mass is 10.0. The lowest BCUT2D eigenvalue weighted by molar-refractivity contribution is 0.0604. The minimum atomic E-state index is -1.000. The van der Waals surface area contributed by atoms with Gasteiger partial charge >= 0.3 is 6.03 Å². The summed E-state index contributed by atoms with van der Waals surface area (Å²) < 4.78 is 3.16. The molecule has 0 aliphatic carbocycles. The molecule has 0 saturated heterocycles. The Hall–Kier alpha value is -3.92. The van der Waals surface area contributed by atoms with E-state index >= 15 is 0 Å². The number of rotatable bonds is 6. The van der Waals surface area contributed by atoms with Gasteiger partial charge in [0.25, 0.3) is 5.56 Å². The third-order valence-corrected chi connectivity index (χ3v) is 4.78. The van der Waals surface area contributed by atoms with Crippen molar-refractivity contribution in [1.82, 2.24) is 29.6 Å². The van der Waals surface area contributed by atoms with Crippen LogP contribution in [0.4, 0.5) is 10.7 Å². The summed E-state index contributed by atoms with van der Waals surface area (Å²) in [4.78, 5) is 32.1. The van der Waals surface area contributed by atoms with Gasteiger partial charge in [0.05, 0.1) is 28.9 Å². The zero-order valence-electron chi connectivity index (χ0n) is 18.1. The van der Waals surface area contributed by atoms with Crippen LogP contribution in [-0.2, 0) is 6.54 Å². The first-order chi connectivity index (χ1) is 15.2. The lowest BCUT2D eigenvalue weighted by Gasteiger charge is -2.18. The maximum Gasteiger partial charge on any atom is 0.321 e. The SMILES string of the molecule is CCNC(=O)Nc1nc2cc(-c3ccn(CC(C)(C)O)c(=O)c3)cc(-n3cccn3)c2[nH]1. The van der Waals surface area contributed by atoms with Crippen molar-refractivity contribution in [2.45, 2.75) is 32.9 Å². The number of nitrogens with zero attached hydrogens (tertiary/aromatic N) is 4. The van der Waals surface area contributed by atoms with Gasteiger partial charge in [-0.25, -0.2) is 14.5 Å². The Kier molecular flexibility index (Phi) is 5.54. The van der Waals surface area contributed by atoms with E-state index in [1.54, 1.807) is 43.2 Å². The smallest absolute Gasteiger partial charge is 0.321 e. The van der Waals surface area contributed by atoms with Gasteiger partial charge < -0.3 is 20.0 Å². The summed E-state index contributed by atoms with van der Waals surface area (Å²) in [6.45, 7) is 5.82. The number of fused-ring (bicyclic) bond motifs is 1. The number of hydrogen-bond donors (Lipinski definition) is 4.